The van der Waals surface area contributed by atoms with Gasteiger partial charge >= 0.3 is 0 Å². The van der Waals surface area contributed by atoms with Crippen molar-refractivity contribution in [2.45, 2.75) is 81.3 Å². The summed E-state index contributed by atoms with van der Waals surface area (Å²) in [6.07, 6.45) is 2.04. The highest BCUT2D eigenvalue weighted by atomic mass is 19.1. The van der Waals surface area contributed by atoms with E-state index in [2.05, 4.69) is 80.0 Å². The zero-order valence-corrected chi connectivity index (χ0v) is 82.5. The average Bonchev–Trinajstić information content (AvgIpc) is 0.777. The second-order valence-electron chi connectivity index (χ2n) is 34.9. The third-order valence-corrected chi connectivity index (χ3v) is 24.2. The number of carbonyl (C=O) groups is 4. The van der Waals surface area contributed by atoms with Crippen molar-refractivity contribution in [1.29, 1.82) is 0 Å². The summed E-state index contributed by atoms with van der Waals surface area (Å²) in [5.74, 6) is -0.872. The molecule has 4 amide bonds. The third-order valence-electron chi connectivity index (χ3n) is 24.2. The molecule has 0 fully saturated rings. The Kier molecular flexibility index (Phi) is 36.0. The second kappa shape index (κ2) is 50.1. The quantitative estimate of drug-likeness (QED) is 0.0300. The van der Waals surface area contributed by atoms with Crippen LogP contribution in [0.25, 0.3) is 0 Å². The summed E-state index contributed by atoms with van der Waals surface area (Å²) >= 11 is 0. The fourth-order valence-electron chi connectivity index (χ4n) is 15.6. The summed E-state index contributed by atoms with van der Waals surface area (Å²) in [7, 11) is 0. The molecule has 18 aromatic carbocycles. The second-order valence-corrected chi connectivity index (χ2v) is 34.9. The molecule has 0 aliphatic rings. The number of hydrogen-bond acceptors (Lipinski definition) is 17. The molecule has 0 saturated heterocycles. The molecule has 0 aliphatic heterocycles. The van der Waals surface area contributed by atoms with Crippen molar-refractivity contribution in [3.63, 3.8) is 0 Å². The van der Waals surface area contributed by atoms with Gasteiger partial charge in [0.2, 0.25) is 0 Å². The molecule has 18 aromatic rings. The summed E-state index contributed by atoms with van der Waals surface area (Å²) in [5, 5.41) is 105. The largest absolute Gasteiger partial charge is 0.508 e. The van der Waals surface area contributed by atoms with Crippen LogP contribution in [-0.2, 0) is 19.5 Å². The van der Waals surface area contributed by atoms with Gasteiger partial charge in [-0.15, -0.1) is 0 Å². The Bertz CT molecular complexity index is 7070. The third kappa shape index (κ3) is 28.5. The van der Waals surface area contributed by atoms with Gasteiger partial charge in [-0.25, -0.2) is 13.2 Å². The summed E-state index contributed by atoms with van der Waals surface area (Å²) < 4.78 is 41.0. The Morgan fingerprint density at radius 2 is 0.473 bits per heavy atom. The van der Waals surface area contributed by atoms with Gasteiger partial charge in [0.1, 0.15) is 80.7 Å². The first-order chi connectivity index (χ1) is 71.1. The Morgan fingerprint density at radius 3 is 0.764 bits per heavy atom. The molecule has 0 heterocycles. The maximum atomic E-state index is 13.9. The van der Waals surface area contributed by atoms with E-state index in [-0.39, 0.29) is 86.2 Å². The number of amides is 4. The maximum absolute atomic E-state index is 13.9. The van der Waals surface area contributed by atoms with Crippen LogP contribution in [0.2, 0.25) is 0 Å². The minimum atomic E-state index is -0.476. The molecule has 24 heteroatoms. The number of halogens is 3. The zero-order chi connectivity index (χ0) is 106. The van der Waals surface area contributed by atoms with Crippen LogP contribution in [0.1, 0.15) is 110 Å². The lowest BCUT2D eigenvalue weighted by molar-refractivity contribution is 0.0990. The maximum Gasteiger partial charge on any atom is 0.263 e. The van der Waals surface area contributed by atoms with Gasteiger partial charge < -0.3 is 66.0 Å². The van der Waals surface area contributed by atoms with E-state index in [4.69, 9.17) is 0 Å². The summed E-state index contributed by atoms with van der Waals surface area (Å²) in [6, 6.07) is 115. The molecule has 0 atom stereocenters. The van der Waals surface area contributed by atoms with E-state index in [1.54, 1.807) is 224 Å². The van der Waals surface area contributed by atoms with Crippen molar-refractivity contribution < 1.29 is 88.5 Å². The normalized spacial score (nSPS) is 10.5. The first kappa shape index (κ1) is 106. The Labute approximate surface area is 857 Å². The molecule has 0 saturated carbocycles. The number of rotatable bonds is 22. The van der Waals surface area contributed by atoms with Crippen molar-refractivity contribution >= 4 is 91.9 Å². The van der Waals surface area contributed by atoms with E-state index in [9.17, 15) is 88.5 Å². The molecule has 0 spiro atoms. The van der Waals surface area contributed by atoms with Gasteiger partial charge in [-0.1, -0.05) is 97.8 Å². The van der Waals surface area contributed by atoms with E-state index >= 15 is 0 Å². The van der Waals surface area contributed by atoms with Crippen molar-refractivity contribution in [3.8, 4) is 63.2 Å². The minimum Gasteiger partial charge on any atom is -0.508 e. The lowest BCUT2D eigenvalue weighted by atomic mass is 10.0. The Morgan fingerprint density at radius 1 is 0.230 bits per heavy atom. The van der Waals surface area contributed by atoms with Gasteiger partial charge in [-0.05, 0) is 439 Å². The van der Waals surface area contributed by atoms with E-state index < -0.39 is 29.3 Å². The molecule has 748 valence electrons. The smallest absolute Gasteiger partial charge is 0.263 e. The number of carbonyl (C=O) groups excluding carboxylic acids is 4. The predicted octanol–water partition coefficient (Wildman–Crippen LogP) is 29.0. The van der Waals surface area contributed by atoms with Gasteiger partial charge in [-0.3, -0.25) is 38.8 Å². The fourth-order valence-corrected chi connectivity index (χ4v) is 15.6. The number of aryl methyl sites for hydroxylation is 6. The first-order valence-corrected chi connectivity index (χ1v) is 47.3. The lowest BCUT2D eigenvalue weighted by Crippen LogP contribution is -2.26. The molecule has 11 N–H and O–H groups in total. The molecule has 0 aliphatic carbocycles. The van der Waals surface area contributed by atoms with Gasteiger partial charge in [0.15, 0.2) is 0 Å². The van der Waals surface area contributed by atoms with Crippen molar-refractivity contribution in [2.24, 2.45) is 0 Å². The highest BCUT2D eigenvalue weighted by Gasteiger charge is 2.28. The van der Waals surface area contributed by atoms with Gasteiger partial charge in [-0.2, -0.15) is 0 Å². The molecular weight excluding hydrogens is 1870 g/mol. The Balaban J connectivity index is 0.000000148. The van der Waals surface area contributed by atoms with E-state index in [1.807, 2.05) is 98.8 Å². The SMILES string of the molecule is CCCc1ccc(C(=O)N(c2ccc(O)cc2)c2ccc(O)cc2)cc1.Cc1ccc(C(=O)N(c2ccc(O)cc2)c2ccc(F)cc2)cc1F.Cc1ccc(C(=O)N(c2ccc(O)cc2)c2ccc(O)cc2)cc1F.Cc1ccc(CN(c2ccc(O)cc2)c2ccc(O)cc2)cc1.Cc1cccc(C(=O)N(c2ccc(O)cc2)c2ccc(O)cc2)c1C.Cc1cccc(CN(c2ccc(O)cc2)c2ccc(O)cc2)c1C. The van der Waals surface area contributed by atoms with Gasteiger partial charge in [0.05, 0.1) is 0 Å². The summed E-state index contributed by atoms with van der Waals surface area (Å²) in [4.78, 5) is 62.6. The minimum absolute atomic E-state index is 0.0524. The molecule has 0 unspecified atom stereocenters. The van der Waals surface area contributed by atoms with E-state index in [1.165, 1.54) is 128 Å². The van der Waals surface area contributed by atoms with Crippen molar-refractivity contribution in [1.82, 2.24) is 0 Å². The number of hydrogen-bond donors (Lipinski definition) is 11. The number of benzene rings is 18. The molecular formula is C124H111F3N6O15. The lowest BCUT2D eigenvalue weighted by Gasteiger charge is -2.26. The number of nitrogens with zero attached hydrogens (tertiary/aromatic N) is 6. The molecule has 21 nitrogen and oxygen atoms in total. The van der Waals surface area contributed by atoms with Crippen LogP contribution in [0.15, 0.2) is 413 Å². The van der Waals surface area contributed by atoms with Crippen molar-refractivity contribution in [2.75, 3.05) is 29.4 Å². The van der Waals surface area contributed by atoms with Crippen LogP contribution in [0.4, 0.5) is 81.4 Å². The topological polar surface area (TPSA) is 310 Å². The van der Waals surface area contributed by atoms with Crippen LogP contribution in [-0.4, -0.2) is 79.8 Å². The summed E-state index contributed by atoms with van der Waals surface area (Å²) in [5.41, 5.74) is 20.2. The average molecular weight is 1980 g/mol. The molecule has 0 bridgehead atoms. The zero-order valence-electron chi connectivity index (χ0n) is 82.5. The summed E-state index contributed by atoms with van der Waals surface area (Å²) in [6.45, 7) is 17.0. The number of phenolic OH excluding ortho intramolecular Hbond substituents is 11. The number of anilines is 12. The Hall–Kier alpha value is -19.0. The monoisotopic (exact) mass is 1980 g/mol. The van der Waals surface area contributed by atoms with E-state index in [0.717, 1.165) is 46.7 Å². The fraction of sp³-hybridized carbons (Fsp3) is 0.0968. The van der Waals surface area contributed by atoms with Crippen LogP contribution in [0.5, 0.6) is 63.2 Å². The number of aromatic hydroxyl groups is 11. The van der Waals surface area contributed by atoms with Crippen LogP contribution < -0.4 is 29.4 Å². The standard InChI is InChI=1S/C22H21NO3.C21H19NO3.C21H21NO2.C20H15F2NO2.C20H16FNO3.C20H19NO2/c1-2-3-16-4-6-17(7-5-16)22(26)23(18-8-12-20(24)13-9-18)19-10-14-21(25)15-11-19;1-14-4-3-5-20(15(14)2)21(25)22(16-6-10-18(23)11-7-16)17-8-12-19(24)13-9-17;1-15-4-3-5-17(16(15)2)14-22(18-6-10-20(23)11-7-18)19-8-12-21(24)13-9-19;1-13-2-3-14(12-19(13)22)20(25)23(16-6-4-15(21)5-7-16)17-8-10-18(24)11-9-17;1-13-2-3-14(12-19(13)21)20(25)22(15-4-8-17(23)9-5-15)16-6-10-18(24)11-7-16;1-15-2-4-16(5-3-15)14-21(17-6-10-19(22)11-7-17)18-8-12-20(23)13-9-18/h4-15,24-25H,2-3H2,1H3;3-13,23-24H,1-2H3;3-13,23-24H,14H2,1-2H3;2-12,24H,1H3;2-12,23-24H,1H3;2-13,22-23H,14H2,1H3. The first-order valence-electron chi connectivity index (χ1n) is 47.3. The van der Waals surface area contributed by atoms with Crippen LogP contribution in [0.3, 0.4) is 0 Å². The molecule has 18 rings (SSSR count). The predicted molar refractivity (Wildman–Crippen MR) is 579 cm³/mol. The van der Waals surface area contributed by atoms with Crippen LogP contribution >= 0.6 is 0 Å². The van der Waals surface area contributed by atoms with E-state index in [0.29, 0.717) is 80.8 Å². The van der Waals surface area contributed by atoms with Gasteiger partial charge in [0.25, 0.3) is 23.6 Å². The molecule has 0 radical (unpaired) electrons. The molecule has 0 aromatic heterocycles. The highest BCUT2D eigenvalue weighted by molar-refractivity contribution is 6.14. The molecule has 148 heavy (non-hydrogen) atoms. The van der Waals surface area contributed by atoms with Crippen molar-refractivity contribution in [3.05, 3.63) is 508 Å². The number of phenols is 11. The van der Waals surface area contributed by atoms with Gasteiger partial charge in [0, 0.05) is 104 Å². The highest BCUT2D eigenvalue weighted by Crippen LogP contribution is 2.40. The van der Waals surface area contributed by atoms with Crippen LogP contribution in [0, 0.1) is 65.9 Å².